The van der Waals surface area contributed by atoms with E-state index >= 15 is 0 Å². The maximum atomic E-state index is 12.2. The van der Waals surface area contributed by atoms with Crippen LogP contribution in [0.25, 0.3) is 0 Å². The third-order valence-electron chi connectivity index (χ3n) is 3.42. The van der Waals surface area contributed by atoms with E-state index in [0.717, 1.165) is 5.56 Å². The summed E-state index contributed by atoms with van der Waals surface area (Å²) in [6.45, 7) is 1.97. The van der Waals surface area contributed by atoms with E-state index in [2.05, 4.69) is 10.3 Å². The van der Waals surface area contributed by atoms with Crippen LogP contribution in [0.15, 0.2) is 60.8 Å². The minimum atomic E-state index is -0.198. The highest BCUT2D eigenvalue weighted by Gasteiger charge is 2.08. The van der Waals surface area contributed by atoms with Crippen molar-refractivity contribution in [1.29, 1.82) is 0 Å². The predicted octanol–water partition coefficient (Wildman–Crippen LogP) is 6.16. The van der Waals surface area contributed by atoms with Crippen LogP contribution in [-0.4, -0.2) is 10.9 Å². The predicted molar refractivity (Wildman–Crippen MR) is 107 cm³/mol. The third-order valence-corrected chi connectivity index (χ3v) is 3.95. The van der Waals surface area contributed by atoms with E-state index < -0.39 is 0 Å². The zero-order chi connectivity index (χ0) is 17.8. The number of halogens is 3. The highest BCUT2D eigenvalue weighted by molar-refractivity contribution is 6.35. The molecule has 1 N–H and O–H groups in total. The van der Waals surface area contributed by atoms with E-state index in [1.807, 2.05) is 19.1 Å². The minimum absolute atomic E-state index is 0. The van der Waals surface area contributed by atoms with Gasteiger partial charge in [-0.2, -0.15) is 0 Å². The Bertz CT molecular complexity index is 898. The van der Waals surface area contributed by atoms with Crippen LogP contribution < -0.4 is 10.1 Å². The molecule has 3 rings (SSSR count). The summed E-state index contributed by atoms with van der Waals surface area (Å²) in [7, 11) is 0. The van der Waals surface area contributed by atoms with Crippen molar-refractivity contribution in [2.24, 2.45) is 0 Å². The molecule has 26 heavy (non-hydrogen) atoms. The van der Waals surface area contributed by atoms with Gasteiger partial charge in [-0.3, -0.25) is 4.79 Å². The Labute approximate surface area is 167 Å². The summed E-state index contributed by atoms with van der Waals surface area (Å²) in [5.74, 6) is 0.615. The van der Waals surface area contributed by atoms with Crippen LogP contribution in [0.3, 0.4) is 0 Å². The summed E-state index contributed by atoms with van der Waals surface area (Å²) in [6, 6.07) is 15.6. The molecule has 2 aromatic carbocycles. The SMILES string of the molecule is Cc1ccc(C(=O)Nc2ccc(Oc3ccc(Cl)cc3Cl)nc2)cc1.Cl. The molecule has 4 nitrogen and oxygen atoms in total. The van der Waals surface area contributed by atoms with Gasteiger partial charge in [-0.05, 0) is 43.3 Å². The normalized spacial score (nSPS) is 9.96. The van der Waals surface area contributed by atoms with Gasteiger partial charge >= 0.3 is 0 Å². The summed E-state index contributed by atoms with van der Waals surface area (Å²) in [5.41, 5.74) is 2.25. The summed E-state index contributed by atoms with van der Waals surface area (Å²) in [5, 5.41) is 3.71. The Hall–Kier alpha value is -2.27. The molecule has 0 aliphatic rings. The first-order valence-corrected chi connectivity index (χ1v) is 8.24. The molecule has 0 spiro atoms. The number of rotatable bonds is 4. The van der Waals surface area contributed by atoms with Crippen molar-refractivity contribution in [2.75, 3.05) is 5.32 Å². The maximum Gasteiger partial charge on any atom is 0.255 e. The van der Waals surface area contributed by atoms with Crippen molar-refractivity contribution in [3.8, 4) is 11.6 Å². The molecule has 0 atom stereocenters. The van der Waals surface area contributed by atoms with Crippen molar-refractivity contribution in [3.63, 3.8) is 0 Å². The molecule has 0 saturated carbocycles. The van der Waals surface area contributed by atoms with E-state index in [4.69, 9.17) is 27.9 Å². The number of carbonyl (C=O) groups is 1. The molecule has 0 fully saturated rings. The Morgan fingerprint density at radius 2 is 1.77 bits per heavy atom. The Morgan fingerprint density at radius 1 is 1.04 bits per heavy atom. The van der Waals surface area contributed by atoms with Crippen LogP contribution >= 0.6 is 35.6 Å². The number of aromatic nitrogens is 1. The summed E-state index contributed by atoms with van der Waals surface area (Å²) < 4.78 is 5.61. The van der Waals surface area contributed by atoms with Crippen molar-refractivity contribution in [3.05, 3.63) is 82.0 Å². The van der Waals surface area contributed by atoms with Crippen LogP contribution in [0.4, 0.5) is 5.69 Å². The highest BCUT2D eigenvalue weighted by atomic mass is 35.5. The van der Waals surface area contributed by atoms with Crippen molar-refractivity contribution < 1.29 is 9.53 Å². The molecule has 0 aliphatic carbocycles. The number of carbonyl (C=O) groups excluding carboxylic acids is 1. The van der Waals surface area contributed by atoms with E-state index in [9.17, 15) is 4.79 Å². The quantitative estimate of drug-likeness (QED) is 0.561. The van der Waals surface area contributed by atoms with Crippen molar-refractivity contribution in [1.82, 2.24) is 4.98 Å². The number of hydrogen-bond acceptors (Lipinski definition) is 3. The minimum Gasteiger partial charge on any atom is -0.437 e. The smallest absolute Gasteiger partial charge is 0.255 e. The van der Waals surface area contributed by atoms with Gasteiger partial charge in [0.1, 0.15) is 5.75 Å². The van der Waals surface area contributed by atoms with Crippen LogP contribution in [0.5, 0.6) is 11.6 Å². The monoisotopic (exact) mass is 408 g/mol. The zero-order valence-electron chi connectivity index (χ0n) is 13.7. The van der Waals surface area contributed by atoms with Crippen LogP contribution in [0.1, 0.15) is 15.9 Å². The van der Waals surface area contributed by atoms with Gasteiger partial charge < -0.3 is 10.1 Å². The van der Waals surface area contributed by atoms with Gasteiger partial charge in [0.2, 0.25) is 5.88 Å². The van der Waals surface area contributed by atoms with Gasteiger partial charge in [0.25, 0.3) is 5.91 Å². The number of nitrogens with one attached hydrogen (secondary N) is 1. The number of hydrogen-bond donors (Lipinski definition) is 1. The average molecular weight is 410 g/mol. The van der Waals surface area contributed by atoms with E-state index in [1.54, 1.807) is 42.5 Å². The molecule has 0 aliphatic heterocycles. The Kier molecular flexibility index (Phi) is 6.86. The van der Waals surface area contributed by atoms with Gasteiger partial charge in [-0.25, -0.2) is 4.98 Å². The lowest BCUT2D eigenvalue weighted by Crippen LogP contribution is -2.11. The Balaban J connectivity index is 0.00000243. The van der Waals surface area contributed by atoms with Crippen LogP contribution in [0, 0.1) is 6.92 Å². The molecule has 134 valence electrons. The lowest BCUT2D eigenvalue weighted by molar-refractivity contribution is 0.102. The van der Waals surface area contributed by atoms with E-state index in [-0.39, 0.29) is 18.3 Å². The average Bonchev–Trinajstić information content (AvgIpc) is 2.59. The molecule has 1 amide bonds. The standard InChI is InChI=1S/C19H14Cl2N2O2.ClH/c1-12-2-4-13(5-3-12)19(24)23-15-7-9-18(22-11-15)25-17-8-6-14(20)10-16(17)21;/h2-11H,1H3,(H,23,24);1H. The molecule has 7 heteroatoms. The van der Waals surface area contributed by atoms with Gasteiger partial charge in [-0.15, -0.1) is 12.4 Å². The second-order valence-corrected chi connectivity index (χ2v) is 6.23. The number of amides is 1. The van der Waals surface area contributed by atoms with Gasteiger partial charge in [0.15, 0.2) is 0 Å². The molecule has 0 radical (unpaired) electrons. The fourth-order valence-electron chi connectivity index (χ4n) is 2.09. The lowest BCUT2D eigenvalue weighted by atomic mass is 10.1. The molecule has 0 saturated heterocycles. The number of aryl methyl sites for hydroxylation is 1. The van der Waals surface area contributed by atoms with E-state index in [0.29, 0.717) is 32.9 Å². The number of benzene rings is 2. The fourth-order valence-corrected chi connectivity index (χ4v) is 2.54. The third kappa shape index (κ3) is 5.11. The molecule has 3 aromatic rings. The summed E-state index contributed by atoms with van der Waals surface area (Å²) in [4.78, 5) is 16.3. The number of pyridine rings is 1. The summed E-state index contributed by atoms with van der Waals surface area (Å²) >= 11 is 11.9. The summed E-state index contributed by atoms with van der Waals surface area (Å²) in [6.07, 6.45) is 1.52. The van der Waals surface area contributed by atoms with Crippen molar-refractivity contribution in [2.45, 2.75) is 6.92 Å². The first kappa shape index (κ1) is 20.0. The fraction of sp³-hybridized carbons (Fsp3) is 0.0526. The topological polar surface area (TPSA) is 51.2 Å². The van der Waals surface area contributed by atoms with E-state index in [1.165, 1.54) is 6.20 Å². The van der Waals surface area contributed by atoms with Crippen LogP contribution in [0.2, 0.25) is 10.0 Å². The molecular formula is C19H15Cl3N2O2. The first-order chi connectivity index (χ1) is 12.0. The number of ether oxygens (including phenoxy) is 1. The maximum absolute atomic E-state index is 12.2. The molecule has 0 unspecified atom stereocenters. The number of anilines is 1. The highest BCUT2D eigenvalue weighted by Crippen LogP contribution is 2.31. The second-order valence-electron chi connectivity index (χ2n) is 5.38. The second kappa shape index (κ2) is 8.90. The molecule has 1 aromatic heterocycles. The van der Waals surface area contributed by atoms with Crippen LogP contribution in [-0.2, 0) is 0 Å². The molecule has 1 heterocycles. The largest absolute Gasteiger partial charge is 0.437 e. The first-order valence-electron chi connectivity index (χ1n) is 7.48. The van der Waals surface area contributed by atoms with Gasteiger partial charge in [0.05, 0.1) is 16.9 Å². The molecule has 0 bridgehead atoms. The lowest BCUT2D eigenvalue weighted by Gasteiger charge is -2.08. The van der Waals surface area contributed by atoms with Crippen molar-refractivity contribution >= 4 is 47.2 Å². The number of nitrogens with zero attached hydrogens (tertiary/aromatic N) is 1. The molecular weight excluding hydrogens is 395 g/mol. The van der Waals surface area contributed by atoms with Gasteiger partial charge in [-0.1, -0.05) is 40.9 Å². The Morgan fingerprint density at radius 3 is 2.38 bits per heavy atom. The van der Waals surface area contributed by atoms with Gasteiger partial charge in [0, 0.05) is 16.7 Å². The zero-order valence-corrected chi connectivity index (χ0v) is 16.0.